The average molecular weight is 446 g/mol. The van der Waals surface area contributed by atoms with Crippen molar-refractivity contribution in [3.8, 4) is 17.0 Å². The van der Waals surface area contributed by atoms with Gasteiger partial charge in [-0.3, -0.25) is 4.79 Å². The zero-order valence-electron chi connectivity index (χ0n) is 16.9. The lowest BCUT2D eigenvalue weighted by Gasteiger charge is -2.16. The highest BCUT2D eigenvalue weighted by atomic mass is 35.5. The largest absolute Gasteiger partial charge is 0.508 e. The average Bonchev–Trinajstić information content (AvgIpc) is 2.81. The smallest absolute Gasteiger partial charge is 0.229 e. The fourth-order valence-electron chi connectivity index (χ4n) is 3.22. The van der Waals surface area contributed by atoms with Crippen LogP contribution in [0.25, 0.3) is 11.3 Å². The first-order valence-corrected chi connectivity index (χ1v) is 10.3. The minimum atomic E-state index is -1.09. The first-order chi connectivity index (χ1) is 15.5. The van der Waals surface area contributed by atoms with Crippen LogP contribution in [0.1, 0.15) is 22.9 Å². The number of amides is 1. The van der Waals surface area contributed by atoms with Crippen molar-refractivity contribution in [1.29, 1.82) is 0 Å². The summed E-state index contributed by atoms with van der Waals surface area (Å²) in [6, 6.07) is 22.5. The number of benzene rings is 3. The number of nitrogens with zero attached hydrogens (tertiary/aromatic N) is 2. The van der Waals surface area contributed by atoms with Crippen molar-refractivity contribution < 1.29 is 15.0 Å². The van der Waals surface area contributed by atoms with Gasteiger partial charge >= 0.3 is 0 Å². The van der Waals surface area contributed by atoms with Crippen molar-refractivity contribution >= 4 is 23.3 Å². The summed E-state index contributed by atoms with van der Waals surface area (Å²) in [6.45, 7) is 0. The topological polar surface area (TPSA) is 95.3 Å². The molecule has 0 saturated carbocycles. The van der Waals surface area contributed by atoms with Crippen LogP contribution in [0.3, 0.4) is 0 Å². The molecule has 0 radical (unpaired) electrons. The summed E-state index contributed by atoms with van der Waals surface area (Å²) in [5.41, 5.74) is 2.87. The maximum Gasteiger partial charge on any atom is 0.229 e. The van der Waals surface area contributed by atoms with Gasteiger partial charge in [-0.05, 0) is 47.5 Å². The van der Waals surface area contributed by atoms with E-state index in [9.17, 15) is 15.0 Å². The standard InChI is InChI=1S/C25H20ClN3O3/c26-19-10-6-16(7-11-19)14-22(31)29-25-23(24(32)18-4-2-1-3-5-18)28-21(15-27-25)17-8-12-20(30)13-9-17/h1-13,15,24,30,32H,14H2,(H,27,29,31). The molecule has 0 aliphatic rings. The summed E-state index contributed by atoms with van der Waals surface area (Å²) in [5.74, 6) is 0.0284. The fourth-order valence-corrected chi connectivity index (χ4v) is 3.34. The van der Waals surface area contributed by atoms with Crippen molar-refractivity contribution in [1.82, 2.24) is 9.97 Å². The molecule has 3 N–H and O–H groups in total. The number of carbonyl (C=O) groups excluding carboxylic acids is 1. The van der Waals surface area contributed by atoms with Crippen molar-refractivity contribution in [2.24, 2.45) is 0 Å². The number of aliphatic hydroxyl groups excluding tert-OH is 1. The molecule has 1 aromatic heterocycles. The number of aromatic nitrogens is 2. The van der Waals surface area contributed by atoms with Gasteiger partial charge < -0.3 is 15.5 Å². The third-order valence-corrected chi connectivity index (χ3v) is 5.12. The Morgan fingerprint density at radius 3 is 2.34 bits per heavy atom. The van der Waals surface area contributed by atoms with E-state index in [4.69, 9.17) is 11.6 Å². The number of halogens is 1. The number of carbonyl (C=O) groups is 1. The van der Waals surface area contributed by atoms with E-state index in [2.05, 4.69) is 15.3 Å². The Morgan fingerprint density at radius 2 is 1.66 bits per heavy atom. The second-order valence-corrected chi connectivity index (χ2v) is 7.64. The van der Waals surface area contributed by atoms with E-state index >= 15 is 0 Å². The van der Waals surface area contributed by atoms with Gasteiger partial charge in [0.15, 0.2) is 5.82 Å². The quantitative estimate of drug-likeness (QED) is 0.397. The minimum absolute atomic E-state index is 0.124. The second kappa shape index (κ2) is 9.60. The maximum atomic E-state index is 12.6. The van der Waals surface area contributed by atoms with Crippen LogP contribution < -0.4 is 5.32 Å². The summed E-state index contributed by atoms with van der Waals surface area (Å²) in [6.07, 6.45) is 0.553. The molecule has 4 rings (SSSR count). The number of phenolic OH excluding ortho intramolecular Hbond substituents is 1. The van der Waals surface area contributed by atoms with Crippen molar-refractivity contribution in [3.63, 3.8) is 0 Å². The molecule has 1 amide bonds. The van der Waals surface area contributed by atoms with E-state index in [1.807, 2.05) is 18.2 Å². The third kappa shape index (κ3) is 5.11. The predicted molar refractivity (Wildman–Crippen MR) is 123 cm³/mol. The van der Waals surface area contributed by atoms with Gasteiger partial charge in [-0.25, -0.2) is 9.97 Å². The summed E-state index contributed by atoms with van der Waals surface area (Å²) < 4.78 is 0. The van der Waals surface area contributed by atoms with Crippen LogP contribution in [-0.4, -0.2) is 26.1 Å². The Bertz CT molecular complexity index is 1210. The lowest BCUT2D eigenvalue weighted by molar-refractivity contribution is -0.115. The molecule has 32 heavy (non-hydrogen) atoms. The van der Waals surface area contributed by atoms with Crippen molar-refractivity contribution in [3.05, 3.63) is 107 Å². The van der Waals surface area contributed by atoms with Crippen LogP contribution in [0.15, 0.2) is 85.1 Å². The zero-order valence-corrected chi connectivity index (χ0v) is 17.7. The number of rotatable bonds is 6. The van der Waals surface area contributed by atoms with Gasteiger partial charge in [0.05, 0.1) is 18.3 Å². The molecule has 1 atom stereocenters. The van der Waals surface area contributed by atoms with Crippen molar-refractivity contribution in [2.45, 2.75) is 12.5 Å². The molecular weight excluding hydrogens is 426 g/mol. The zero-order chi connectivity index (χ0) is 22.5. The summed E-state index contributed by atoms with van der Waals surface area (Å²) in [7, 11) is 0. The van der Waals surface area contributed by atoms with Crippen LogP contribution in [0, 0.1) is 0 Å². The van der Waals surface area contributed by atoms with Gasteiger partial charge in [0.2, 0.25) is 5.91 Å². The van der Waals surface area contributed by atoms with Gasteiger partial charge in [-0.15, -0.1) is 0 Å². The highest BCUT2D eigenvalue weighted by Crippen LogP contribution is 2.29. The van der Waals surface area contributed by atoms with E-state index in [1.165, 1.54) is 6.20 Å². The molecular formula is C25H20ClN3O3. The van der Waals surface area contributed by atoms with Crippen LogP contribution >= 0.6 is 11.6 Å². The Morgan fingerprint density at radius 1 is 0.969 bits per heavy atom. The van der Waals surface area contributed by atoms with Crippen molar-refractivity contribution in [2.75, 3.05) is 5.32 Å². The van der Waals surface area contributed by atoms with Crippen LogP contribution in [0.5, 0.6) is 5.75 Å². The first kappa shape index (κ1) is 21.5. The van der Waals surface area contributed by atoms with E-state index in [1.54, 1.807) is 60.7 Å². The number of aromatic hydroxyl groups is 1. The predicted octanol–water partition coefficient (Wildman–Crippen LogP) is 4.77. The Kier molecular flexibility index (Phi) is 6.44. The summed E-state index contributed by atoms with van der Waals surface area (Å²) >= 11 is 5.91. The number of hydrogen-bond acceptors (Lipinski definition) is 5. The molecule has 0 saturated heterocycles. The number of hydrogen-bond donors (Lipinski definition) is 3. The van der Waals surface area contributed by atoms with Crippen LogP contribution in [-0.2, 0) is 11.2 Å². The number of nitrogens with one attached hydrogen (secondary N) is 1. The molecule has 1 unspecified atom stereocenters. The van der Waals surface area contributed by atoms with Gasteiger partial charge in [0.25, 0.3) is 0 Å². The molecule has 160 valence electrons. The van der Waals surface area contributed by atoms with Gasteiger partial charge in [-0.2, -0.15) is 0 Å². The molecule has 0 bridgehead atoms. The van der Waals surface area contributed by atoms with Crippen LogP contribution in [0.4, 0.5) is 5.82 Å². The highest BCUT2D eigenvalue weighted by Gasteiger charge is 2.20. The first-order valence-electron chi connectivity index (χ1n) is 9.93. The Labute approximate surface area is 190 Å². The van der Waals surface area contributed by atoms with Gasteiger partial charge in [0, 0.05) is 10.6 Å². The Balaban J connectivity index is 1.66. The van der Waals surface area contributed by atoms with E-state index in [0.717, 1.165) is 11.1 Å². The molecule has 7 heteroatoms. The molecule has 4 aromatic rings. The fraction of sp³-hybridized carbons (Fsp3) is 0.0800. The van der Waals surface area contributed by atoms with Crippen LogP contribution in [0.2, 0.25) is 5.02 Å². The third-order valence-electron chi connectivity index (χ3n) is 4.87. The number of anilines is 1. The van der Waals surface area contributed by atoms with E-state index in [-0.39, 0.29) is 29.6 Å². The lowest BCUT2D eigenvalue weighted by atomic mass is 10.1. The SMILES string of the molecule is O=C(Cc1ccc(Cl)cc1)Nc1ncc(-c2ccc(O)cc2)nc1C(O)c1ccccc1. The second-order valence-electron chi connectivity index (χ2n) is 7.20. The normalized spacial score (nSPS) is 11.7. The Hall–Kier alpha value is -3.74. The molecule has 0 aliphatic heterocycles. The molecule has 0 aliphatic carbocycles. The summed E-state index contributed by atoms with van der Waals surface area (Å²) in [5, 5.41) is 23.9. The van der Waals surface area contributed by atoms with Gasteiger partial charge in [0.1, 0.15) is 17.5 Å². The molecule has 0 fully saturated rings. The van der Waals surface area contributed by atoms with E-state index < -0.39 is 6.10 Å². The minimum Gasteiger partial charge on any atom is -0.508 e. The monoisotopic (exact) mass is 445 g/mol. The van der Waals surface area contributed by atoms with Gasteiger partial charge in [-0.1, -0.05) is 54.1 Å². The van der Waals surface area contributed by atoms with E-state index in [0.29, 0.717) is 16.3 Å². The number of aliphatic hydroxyl groups is 1. The maximum absolute atomic E-state index is 12.6. The lowest BCUT2D eigenvalue weighted by Crippen LogP contribution is -2.19. The molecule has 1 heterocycles. The number of phenols is 1. The highest BCUT2D eigenvalue weighted by molar-refractivity contribution is 6.30. The molecule has 6 nitrogen and oxygen atoms in total. The molecule has 3 aromatic carbocycles. The molecule has 0 spiro atoms. The summed E-state index contributed by atoms with van der Waals surface area (Å²) in [4.78, 5) is 21.6.